The molecular formula is C8H10N4O4S2. The lowest BCUT2D eigenvalue weighted by Gasteiger charge is -2.09. The van der Waals surface area contributed by atoms with Crippen molar-refractivity contribution >= 4 is 33.0 Å². The molecular weight excluding hydrogens is 280 g/mol. The maximum absolute atomic E-state index is 11.8. The zero-order valence-electron chi connectivity index (χ0n) is 9.21. The Kier molecular flexibility index (Phi) is 4.16. The largest absolute Gasteiger partial charge is 0.375 e. The molecule has 4 N–H and O–H groups in total. The van der Waals surface area contributed by atoms with Gasteiger partial charge in [-0.15, -0.1) is 4.83 Å². The van der Waals surface area contributed by atoms with Crippen LogP contribution in [0.25, 0.3) is 0 Å². The lowest BCUT2D eigenvalue weighted by Crippen LogP contribution is -2.44. The third kappa shape index (κ3) is 3.35. The number of benzene rings is 1. The van der Waals surface area contributed by atoms with Crippen molar-refractivity contribution in [3.8, 4) is 0 Å². The number of nitrogens with one attached hydrogen (secondary N) is 2. The van der Waals surface area contributed by atoms with E-state index in [1.165, 1.54) is 6.92 Å². The molecule has 0 saturated carbocycles. The van der Waals surface area contributed by atoms with Crippen LogP contribution in [0, 0.1) is 17.0 Å². The molecule has 0 heterocycles. The Labute approximate surface area is 108 Å². The number of thiocarbonyl (C=S) groups is 1. The highest BCUT2D eigenvalue weighted by Crippen LogP contribution is 2.20. The van der Waals surface area contributed by atoms with Crippen molar-refractivity contribution in [3.63, 3.8) is 0 Å². The van der Waals surface area contributed by atoms with Crippen molar-refractivity contribution in [2.45, 2.75) is 11.8 Å². The monoisotopic (exact) mass is 290 g/mol. The molecule has 1 aromatic rings. The smallest absolute Gasteiger partial charge is 0.269 e. The van der Waals surface area contributed by atoms with E-state index in [0.29, 0.717) is 0 Å². The SMILES string of the molecule is Cc1cc([N+](=O)[O-])ccc1S(=O)(=O)NNC(N)=S. The first kappa shape index (κ1) is 14.3. The van der Waals surface area contributed by atoms with Gasteiger partial charge < -0.3 is 5.73 Å². The fraction of sp³-hybridized carbons (Fsp3) is 0.125. The van der Waals surface area contributed by atoms with E-state index in [0.717, 1.165) is 18.2 Å². The minimum absolute atomic E-state index is 0.100. The molecule has 18 heavy (non-hydrogen) atoms. The van der Waals surface area contributed by atoms with Gasteiger partial charge in [-0.1, -0.05) is 0 Å². The summed E-state index contributed by atoms with van der Waals surface area (Å²) in [5, 5.41) is 10.3. The summed E-state index contributed by atoms with van der Waals surface area (Å²) in [6.07, 6.45) is 0. The number of sulfonamides is 1. The summed E-state index contributed by atoms with van der Waals surface area (Å²) in [7, 11) is -3.88. The summed E-state index contributed by atoms with van der Waals surface area (Å²) in [5.41, 5.74) is 7.22. The maximum Gasteiger partial charge on any atom is 0.269 e. The minimum atomic E-state index is -3.88. The second kappa shape index (κ2) is 5.25. The average molecular weight is 290 g/mol. The van der Waals surface area contributed by atoms with Crippen LogP contribution in [0.1, 0.15) is 5.56 Å². The highest BCUT2D eigenvalue weighted by atomic mass is 32.2. The van der Waals surface area contributed by atoms with E-state index < -0.39 is 14.9 Å². The van der Waals surface area contributed by atoms with E-state index >= 15 is 0 Å². The normalized spacial score (nSPS) is 10.9. The second-order valence-corrected chi connectivity index (χ2v) is 5.39. The van der Waals surface area contributed by atoms with Gasteiger partial charge in [-0.25, -0.2) is 8.42 Å². The Morgan fingerprint density at radius 1 is 1.50 bits per heavy atom. The van der Waals surface area contributed by atoms with Crippen LogP contribution in [-0.2, 0) is 10.0 Å². The Morgan fingerprint density at radius 3 is 2.56 bits per heavy atom. The summed E-state index contributed by atoms with van der Waals surface area (Å²) < 4.78 is 23.6. The first-order valence-electron chi connectivity index (χ1n) is 4.56. The van der Waals surface area contributed by atoms with E-state index in [4.69, 9.17) is 5.73 Å². The number of nitrogens with two attached hydrogens (primary N) is 1. The van der Waals surface area contributed by atoms with E-state index in [1.807, 2.05) is 4.83 Å². The van der Waals surface area contributed by atoms with Crippen LogP contribution >= 0.6 is 12.2 Å². The van der Waals surface area contributed by atoms with Crippen LogP contribution in [0.15, 0.2) is 23.1 Å². The van der Waals surface area contributed by atoms with Gasteiger partial charge in [0.25, 0.3) is 15.7 Å². The number of hydrogen-bond donors (Lipinski definition) is 3. The number of hydrogen-bond acceptors (Lipinski definition) is 5. The zero-order valence-corrected chi connectivity index (χ0v) is 10.8. The number of rotatable bonds is 4. The van der Waals surface area contributed by atoms with E-state index in [1.54, 1.807) is 0 Å². The summed E-state index contributed by atoms with van der Waals surface area (Å²) in [4.78, 5) is 11.8. The van der Waals surface area contributed by atoms with Gasteiger partial charge in [0.05, 0.1) is 9.82 Å². The molecule has 0 fully saturated rings. The predicted octanol–water partition coefficient (Wildman–Crippen LogP) is -0.0703. The van der Waals surface area contributed by atoms with Gasteiger partial charge in [0.2, 0.25) is 0 Å². The number of nitrogens with zero attached hydrogens (tertiary/aromatic N) is 1. The fourth-order valence-electron chi connectivity index (χ4n) is 1.22. The first-order valence-corrected chi connectivity index (χ1v) is 6.45. The van der Waals surface area contributed by atoms with Gasteiger partial charge in [-0.05, 0) is 30.8 Å². The molecule has 10 heteroatoms. The lowest BCUT2D eigenvalue weighted by molar-refractivity contribution is -0.385. The van der Waals surface area contributed by atoms with Gasteiger partial charge >= 0.3 is 0 Å². The topological polar surface area (TPSA) is 127 Å². The molecule has 0 radical (unpaired) electrons. The van der Waals surface area contributed by atoms with Gasteiger partial charge in [0.1, 0.15) is 0 Å². The molecule has 8 nitrogen and oxygen atoms in total. The minimum Gasteiger partial charge on any atom is -0.375 e. The summed E-state index contributed by atoms with van der Waals surface area (Å²) >= 11 is 4.45. The number of nitro benzene ring substituents is 1. The molecule has 0 spiro atoms. The van der Waals surface area contributed by atoms with Crippen LogP contribution in [0.3, 0.4) is 0 Å². The van der Waals surface area contributed by atoms with Crippen molar-refractivity contribution < 1.29 is 13.3 Å². The Balaban J connectivity index is 3.10. The average Bonchev–Trinajstić information content (AvgIpc) is 2.26. The van der Waals surface area contributed by atoms with Crippen LogP contribution in [0.2, 0.25) is 0 Å². The predicted molar refractivity (Wildman–Crippen MR) is 68.1 cm³/mol. The van der Waals surface area contributed by atoms with E-state index in [2.05, 4.69) is 17.6 Å². The van der Waals surface area contributed by atoms with Crippen molar-refractivity contribution in [1.29, 1.82) is 0 Å². The molecule has 0 aromatic heterocycles. The van der Waals surface area contributed by atoms with Crippen LogP contribution in [0.4, 0.5) is 5.69 Å². The number of aryl methyl sites for hydroxylation is 1. The molecule has 1 aromatic carbocycles. The Bertz CT molecular complexity index is 599. The lowest BCUT2D eigenvalue weighted by atomic mass is 10.2. The molecule has 0 atom stereocenters. The van der Waals surface area contributed by atoms with Crippen molar-refractivity contribution in [3.05, 3.63) is 33.9 Å². The molecule has 0 aliphatic carbocycles. The van der Waals surface area contributed by atoms with Gasteiger partial charge in [-0.3, -0.25) is 15.5 Å². The van der Waals surface area contributed by atoms with Crippen LogP contribution in [-0.4, -0.2) is 18.5 Å². The summed E-state index contributed by atoms with van der Waals surface area (Å²) in [5.74, 6) is 0. The Hall–Kier alpha value is -1.78. The van der Waals surface area contributed by atoms with Crippen molar-refractivity contribution in [2.24, 2.45) is 5.73 Å². The standard InChI is InChI=1S/C8H10N4O4S2/c1-5-4-6(12(13)14)2-3-7(5)18(15,16)11-10-8(9)17/h2-4,11H,1H3,(H3,9,10,17). The summed E-state index contributed by atoms with van der Waals surface area (Å²) in [6.45, 7) is 1.45. The fourth-order valence-corrected chi connectivity index (χ4v) is 2.42. The number of nitro groups is 1. The number of hydrazine groups is 1. The molecule has 0 bridgehead atoms. The van der Waals surface area contributed by atoms with E-state index in [-0.39, 0.29) is 21.3 Å². The quantitative estimate of drug-likeness (QED) is 0.402. The zero-order chi connectivity index (χ0) is 13.9. The number of non-ortho nitro benzene ring substituents is 1. The van der Waals surface area contributed by atoms with E-state index in [9.17, 15) is 18.5 Å². The molecule has 0 amide bonds. The van der Waals surface area contributed by atoms with Crippen molar-refractivity contribution in [1.82, 2.24) is 10.3 Å². The molecule has 98 valence electrons. The van der Waals surface area contributed by atoms with Gasteiger partial charge in [0, 0.05) is 12.1 Å². The molecule has 1 rings (SSSR count). The van der Waals surface area contributed by atoms with Crippen LogP contribution in [0.5, 0.6) is 0 Å². The highest BCUT2D eigenvalue weighted by molar-refractivity contribution is 7.89. The van der Waals surface area contributed by atoms with Crippen molar-refractivity contribution in [2.75, 3.05) is 0 Å². The molecule has 0 saturated heterocycles. The molecule has 0 aliphatic rings. The third-order valence-electron chi connectivity index (χ3n) is 1.97. The van der Waals surface area contributed by atoms with Crippen LogP contribution < -0.4 is 16.0 Å². The second-order valence-electron chi connectivity index (χ2n) is 3.30. The van der Waals surface area contributed by atoms with Gasteiger partial charge in [0.15, 0.2) is 5.11 Å². The van der Waals surface area contributed by atoms with Gasteiger partial charge in [-0.2, -0.15) is 0 Å². The highest BCUT2D eigenvalue weighted by Gasteiger charge is 2.19. The third-order valence-corrected chi connectivity index (χ3v) is 3.48. The molecule has 0 unspecified atom stereocenters. The first-order chi connectivity index (χ1) is 8.24. The molecule has 0 aliphatic heterocycles. The maximum atomic E-state index is 11.8. The Morgan fingerprint density at radius 2 is 2.11 bits per heavy atom. The summed E-state index contributed by atoms with van der Waals surface area (Å²) in [6, 6.07) is 3.40.